The lowest BCUT2D eigenvalue weighted by Crippen LogP contribution is -2.52. The molecule has 2 saturated heterocycles. The number of likely N-dealkylation sites (tertiary alicyclic amines) is 1. The first-order chi connectivity index (χ1) is 24.4. The fourth-order valence-electron chi connectivity index (χ4n) is 5.06. The van der Waals surface area contributed by atoms with E-state index in [4.69, 9.17) is 32.0 Å². The molecule has 2 aliphatic heterocycles. The number of aliphatic hydroxyl groups is 1. The largest absolute Gasteiger partial charge is 0.478 e. The Morgan fingerprint density at radius 3 is 1.69 bits per heavy atom. The number of carboxylic acid groups (broad SMARTS) is 4. The van der Waals surface area contributed by atoms with Gasteiger partial charge in [-0.05, 0) is 36.1 Å². The van der Waals surface area contributed by atoms with E-state index in [1.54, 1.807) is 0 Å². The van der Waals surface area contributed by atoms with Gasteiger partial charge >= 0.3 is 30.1 Å². The highest BCUT2D eigenvalue weighted by molar-refractivity contribution is 6.31. The Bertz CT molecular complexity index is 1550. The molecule has 0 unspecified atom stereocenters. The van der Waals surface area contributed by atoms with E-state index >= 15 is 0 Å². The third-order valence-corrected chi connectivity index (χ3v) is 8.12. The molecule has 0 saturated carbocycles. The van der Waals surface area contributed by atoms with Crippen LogP contribution in [0.3, 0.4) is 0 Å². The van der Waals surface area contributed by atoms with Gasteiger partial charge in [0.2, 0.25) is 5.91 Å². The van der Waals surface area contributed by atoms with E-state index in [1.165, 1.54) is 12.1 Å². The third kappa shape index (κ3) is 15.9. The normalized spacial score (nSPS) is 16.5. The van der Waals surface area contributed by atoms with Crippen LogP contribution in [0.5, 0.6) is 0 Å². The summed E-state index contributed by atoms with van der Waals surface area (Å²) in [6.07, 6.45) is 2.39. The highest BCUT2D eigenvalue weighted by atomic mass is 35.5. The van der Waals surface area contributed by atoms with E-state index in [0.29, 0.717) is 50.5 Å². The minimum atomic E-state index is -4.58. The molecule has 0 aliphatic carbocycles. The second-order valence-electron chi connectivity index (χ2n) is 11.5. The van der Waals surface area contributed by atoms with Crippen molar-refractivity contribution >= 4 is 47.5 Å². The van der Waals surface area contributed by atoms with E-state index < -0.39 is 41.2 Å². The first-order valence-corrected chi connectivity index (χ1v) is 16.1. The van der Waals surface area contributed by atoms with Gasteiger partial charge in [0.05, 0.1) is 22.7 Å². The molecule has 5 N–H and O–H groups in total. The summed E-state index contributed by atoms with van der Waals surface area (Å²) in [6.45, 7) is 4.89. The van der Waals surface area contributed by atoms with Gasteiger partial charge in [-0.3, -0.25) is 14.6 Å². The molecule has 282 valence electrons. The molecule has 2 heterocycles. The minimum absolute atomic E-state index is 0.0470. The average Bonchev–Trinajstić information content (AvgIpc) is 3.08. The van der Waals surface area contributed by atoms with Gasteiger partial charge in [-0.25, -0.2) is 19.2 Å². The maximum absolute atomic E-state index is 13.2. The summed E-state index contributed by atoms with van der Waals surface area (Å²) in [5.74, 6) is -4.98. The van der Waals surface area contributed by atoms with Gasteiger partial charge in [0, 0.05) is 70.1 Å². The van der Waals surface area contributed by atoms with E-state index in [2.05, 4.69) is 29.2 Å². The molecule has 17 heteroatoms. The van der Waals surface area contributed by atoms with Crippen molar-refractivity contribution in [2.45, 2.75) is 24.6 Å². The van der Waals surface area contributed by atoms with Crippen LogP contribution in [0.15, 0.2) is 78.9 Å². The number of carboxylic acids is 4. The number of benzene rings is 2. The molecule has 0 atom stereocenters. The third-order valence-electron chi connectivity index (χ3n) is 7.79. The molecule has 1 amide bonds. The molecule has 2 fully saturated rings. The predicted octanol–water partition coefficient (Wildman–Crippen LogP) is 3.92. The lowest BCUT2D eigenvalue weighted by Gasteiger charge is -2.40. The van der Waals surface area contributed by atoms with Crippen molar-refractivity contribution < 1.29 is 62.7 Å². The van der Waals surface area contributed by atoms with E-state index in [0.717, 1.165) is 31.3 Å². The maximum atomic E-state index is 13.2. The first kappa shape index (κ1) is 43.1. The average molecular weight is 754 g/mol. The Morgan fingerprint density at radius 2 is 1.23 bits per heavy atom. The van der Waals surface area contributed by atoms with Crippen LogP contribution in [-0.4, -0.2) is 122 Å². The zero-order valence-electron chi connectivity index (χ0n) is 27.8. The van der Waals surface area contributed by atoms with Crippen molar-refractivity contribution in [1.82, 2.24) is 14.7 Å². The van der Waals surface area contributed by atoms with Crippen LogP contribution >= 0.6 is 11.6 Å². The summed E-state index contributed by atoms with van der Waals surface area (Å²) in [5, 5.41) is 41.9. The van der Waals surface area contributed by atoms with E-state index in [-0.39, 0.29) is 35.9 Å². The summed E-state index contributed by atoms with van der Waals surface area (Å²) >= 11 is 5.72. The van der Waals surface area contributed by atoms with Crippen molar-refractivity contribution in [1.29, 1.82) is 0 Å². The number of aliphatic carboxylic acids is 4. The van der Waals surface area contributed by atoms with Crippen LogP contribution in [-0.2, 0) is 35.8 Å². The van der Waals surface area contributed by atoms with Crippen molar-refractivity contribution in [2.75, 3.05) is 52.4 Å². The Hall–Kier alpha value is -5.03. The highest BCUT2D eigenvalue weighted by Crippen LogP contribution is 2.40. The van der Waals surface area contributed by atoms with Crippen LogP contribution < -0.4 is 0 Å². The van der Waals surface area contributed by atoms with Gasteiger partial charge in [0.1, 0.15) is 0 Å². The molecule has 52 heavy (non-hydrogen) atoms. The molecular weight excluding hydrogens is 715 g/mol. The molecule has 13 nitrogen and oxygen atoms in total. The van der Waals surface area contributed by atoms with Crippen molar-refractivity contribution in [3.05, 3.63) is 101 Å². The Kier molecular flexibility index (Phi) is 17.2. The molecule has 0 aromatic heterocycles. The predicted molar refractivity (Wildman–Crippen MR) is 183 cm³/mol. The van der Waals surface area contributed by atoms with Crippen LogP contribution in [0.4, 0.5) is 13.2 Å². The molecule has 2 aliphatic rings. The molecule has 2 aromatic carbocycles. The number of carbonyl (C=O) groups excluding carboxylic acids is 1. The molecule has 4 rings (SSSR count). The van der Waals surface area contributed by atoms with Crippen molar-refractivity contribution in [3.63, 3.8) is 0 Å². The van der Waals surface area contributed by atoms with Crippen LogP contribution in [0.25, 0.3) is 6.08 Å². The smallest absolute Gasteiger partial charge is 0.417 e. The molecule has 0 radical (unpaired) electrons. The topological polar surface area (TPSA) is 196 Å². The molecular formula is C35H39ClF3N3O10. The second-order valence-corrected chi connectivity index (χ2v) is 11.9. The Morgan fingerprint density at radius 1 is 0.731 bits per heavy atom. The number of hydrogen-bond donors (Lipinski definition) is 5. The number of alkyl halides is 3. The zero-order valence-corrected chi connectivity index (χ0v) is 28.5. The van der Waals surface area contributed by atoms with Gasteiger partial charge in [0.15, 0.2) is 0 Å². The standard InChI is InChI=1S/C27H31ClF3N3O2.2C4H4O4/c28-24-9-8-22(19-23(24)27(29,30)31)26(36)10-13-33(14-11-26)20-25(35)34-17-15-32(16-18-34)12-4-7-21-5-2-1-3-6-21;2*5-3(6)1-2-4(7)8/h1-9,19,36H,10-18,20H2;2*1-2H,(H,5,6)(H,7,8)/b7-4+;2*2-1-. The summed E-state index contributed by atoms with van der Waals surface area (Å²) in [6, 6.07) is 13.7. The summed E-state index contributed by atoms with van der Waals surface area (Å²) in [5.41, 5.74) is -0.940. The highest BCUT2D eigenvalue weighted by Gasteiger charge is 2.39. The van der Waals surface area contributed by atoms with Crippen LogP contribution in [0.1, 0.15) is 29.5 Å². The lowest BCUT2D eigenvalue weighted by molar-refractivity contribution is -0.138. The molecule has 0 spiro atoms. The van der Waals surface area contributed by atoms with Gasteiger partial charge in [-0.1, -0.05) is 60.2 Å². The number of hydrogen-bond acceptors (Lipinski definition) is 8. The van der Waals surface area contributed by atoms with Crippen molar-refractivity contribution in [3.8, 4) is 0 Å². The minimum Gasteiger partial charge on any atom is -0.478 e. The number of halogens is 4. The van der Waals surface area contributed by atoms with Crippen molar-refractivity contribution in [2.24, 2.45) is 0 Å². The number of piperazine rings is 1. The lowest BCUT2D eigenvalue weighted by atomic mass is 9.83. The fraction of sp³-hybridized carbons (Fsp3) is 0.343. The monoisotopic (exact) mass is 753 g/mol. The van der Waals surface area contributed by atoms with Crippen LogP contribution in [0.2, 0.25) is 5.02 Å². The summed E-state index contributed by atoms with van der Waals surface area (Å²) in [7, 11) is 0. The number of amides is 1. The van der Waals surface area contributed by atoms with Gasteiger partial charge in [-0.15, -0.1) is 0 Å². The van der Waals surface area contributed by atoms with Gasteiger partial charge in [0.25, 0.3) is 0 Å². The Labute approximate surface area is 302 Å². The Balaban J connectivity index is 0.000000487. The van der Waals surface area contributed by atoms with Gasteiger partial charge in [-0.2, -0.15) is 13.2 Å². The van der Waals surface area contributed by atoms with Gasteiger partial charge < -0.3 is 30.4 Å². The zero-order chi connectivity index (χ0) is 38.9. The summed E-state index contributed by atoms with van der Waals surface area (Å²) in [4.78, 5) is 57.2. The number of carbonyl (C=O) groups is 5. The van der Waals surface area contributed by atoms with E-state index in [9.17, 15) is 42.3 Å². The first-order valence-electron chi connectivity index (χ1n) is 15.7. The second kappa shape index (κ2) is 20.7. The summed E-state index contributed by atoms with van der Waals surface area (Å²) < 4.78 is 39.7. The SMILES string of the molecule is O=C(CN1CCC(O)(c2ccc(Cl)c(C(F)(F)F)c2)CC1)N1CCN(C/C=C/c2ccccc2)CC1.O=C(O)/C=C\C(=O)O.O=C(O)/C=C\C(=O)O. The molecule has 2 aromatic rings. The quantitative estimate of drug-likeness (QED) is 0.220. The number of nitrogens with zero attached hydrogens (tertiary/aromatic N) is 3. The molecule has 0 bridgehead atoms. The number of rotatable bonds is 10. The number of piperidine rings is 1. The van der Waals surface area contributed by atoms with Crippen LogP contribution in [0, 0.1) is 0 Å². The van der Waals surface area contributed by atoms with E-state index in [1.807, 2.05) is 28.0 Å². The fourth-order valence-corrected chi connectivity index (χ4v) is 5.28. The maximum Gasteiger partial charge on any atom is 0.417 e.